The number of nitrogens with zero attached hydrogens (tertiary/aromatic N) is 2. The minimum absolute atomic E-state index is 0.0606. The maximum atomic E-state index is 12.5. The van der Waals surface area contributed by atoms with E-state index in [4.69, 9.17) is 5.73 Å². The van der Waals surface area contributed by atoms with Gasteiger partial charge < -0.3 is 10.6 Å². The van der Waals surface area contributed by atoms with Gasteiger partial charge in [0.25, 0.3) is 0 Å². The Bertz CT molecular complexity index is 620. The van der Waals surface area contributed by atoms with Crippen molar-refractivity contribution in [2.75, 3.05) is 27.2 Å². The number of carbonyl (C=O) groups excluding carboxylic acids is 1. The normalized spacial score (nSPS) is 17.8. The van der Waals surface area contributed by atoms with Gasteiger partial charge in [-0.1, -0.05) is 12.1 Å². The van der Waals surface area contributed by atoms with Crippen LogP contribution in [0, 0.1) is 0 Å². The monoisotopic (exact) mass is 325 g/mol. The van der Waals surface area contributed by atoms with E-state index in [9.17, 15) is 13.2 Å². The molecule has 22 heavy (non-hydrogen) atoms. The number of nitrogens with two attached hydrogens (primary N) is 1. The lowest BCUT2D eigenvalue weighted by molar-refractivity contribution is 0.100. The highest BCUT2D eigenvalue weighted by atomic mass is 32.2. The van der Waals surface area contributed by atoms with Crippen LogP contribution >= 0.6 is 0 Å². The predicted octanol–water partition coefficient (Wildman–Crippen LogP) is 0.641. The second kappa shape index (κ2) is 6.76. The molecule has 2 rings (SSSR count). The zero-order chi connectivity index (χ0) is 16.3. The fourth-order valence-electron chi connectivity index (χ4n) is 2.66. The highest BCUT2D eigenvalue weighted by Gasteiger charge is 2.28. The first-order valence-corrected chi connectivity index (χ1v) is 8.93. The van der Waals surface area contributed by atoms with Crippen LogP contribution in [0.5, 0.6) is 0 Å². The summed E-state index contributed by atoms with van der Waals surface area (Å²) in [5, 5.41) is 0. The summed E-state index contributed by atoms with van der Waals surface area (Å²) in [5.41, 5.74) is 6.22. The van der Waals surface area contributed by atoms with Gasteiger partial charge >= 0.3 is 0 Å². The van der Waals surface area contributed by atoms with Crippen LogP contribution in [-0.4, -0.2) is 56.8 Å². The third-order valence-electron chi connectivity index (χ3n) is 4.23. The molecule has 1 fully saturated rings. The number of piperidine rings is 1. The number of rotatable bonds is 5. The van der Waals surface area contributed by atoms with Crippen LogP contribution in [0.15, 0.2) is 24.3 Å². The van der Waals surface area contributed by atoms with E-state index in [1.54, 1.807) is 31.3 Å². The van der Waals surface area contributed by atoms with Gasteiger partial charge in [0.05, 0.1) is 5.75 Å². The van der Waals surface area contributed by atoms with Gasteiger partial charge in [-0.2, -0.15) is 0 Å². The Balaban J connectivity index is 2.05. The van der Waals surface area contributed by atoms with Crippen molar-refractivity contribution >= 4 is 15.9 Å². The molecule has 0 bridgehead atoms. The van der Waals surface area contributed by atoms with Crippen molar-refractivity contribution in [2.24, 2.45) is 5.73 Å². The van der Waals surface area contributed by atoms with Crippen molar-refractivity contribution in [1.82, 2.24) is 9.21 Å². The van der Waals surface area contributed by atoms with Crippen molar-refractivity contribution in [1.29, 1.82) is 0 Å². The number of sulfonamides is 1. The fraction of sp³-hybridized carbons (Fsp3) is 0.533. The third-order valence-corrected chi connectivity index (χ3v) is 6.10. The number of hydrogen-bond acceptors (Lipinski definition) is 4. The van der Waals surface area contributed by atoms with Crippen LogP contribution < -0.4 is 5.73 Å². The standard InChI is InChI=1S/C15H23N3O3S/c1-17-9-7-14(8-10-17)18(2)22(20,21)11-12-3-5-13(6-4-12)15(16)19/h3-6,14H,7-11H2,1-2H3,(H2,16,19). The molecule has 0 aliphatic carbocycles. The van der Waals surface area contributed by atoms with Gasteiger partial charge in [-0.3, -0.25) is 4.79 Å². The molecule has 1 aromatic rings. The molecule has 1 aliphatic heterocycles. The van der Waals surface area contributed by atoms with Crippen molar-refractivity contribution < 1.29 is 13.2 Å². The Hall–Kier alpha value is -1.44. The molecule has 0 aromatic heterocycles. The summed E-state index contributed by atoms with van der Waals surface area (Å²) in [7, 11) is 0.338. The molecule has 7 heteroatoms. The summed E-state index contributed by atoms with van der Waals surface area (Å²) in [6, 6.07) is 6.46. The summed E-state index contributed by atoms with van der Waals surface area (Å²) in [6.07, 6.45) is 1.71. The smallest absolute Gasteiger partial charge is 0.248 e. The number of amides is 1. The molecule has 0 spiro atoms. The molecule has 0 saturated carbocycles. The van der Waals surface area contributed by atoms with Gasteiger partial charge in [0.2, 0.25) is 15.9 Å². The number of hydrogen-bond donors (Lipinski definition) is 1. The lowest BCUT2D eigenvalue weighted by atomic mass is 10.1. The second-order valence-electron chi connectivity index (χ2n) is 5.87. The SMILES string of the molecule is CN1CCC(N(C)S(=O)(=O)Cc2ccc(C(N)=O)cc2)CC1. The molecular formula is C15H23N3O3S. The van der Waals surface area contributed by atoms with Gasteiger partial charge in [-0.05, 0) is 50.7 Å². The van der Waals surface area contributed by atoms with Crippen molar-refractivity contribution in [3.8, 4) is 0 Å². The molecule has 122 valence electrons. The highest BCUT2D eigenvalue weighted by Crippen LogP contribution is 2.19. The molecule has 2 N–H and O–H groups in total. The van der Waals surface area contributed by atoms with E-state index in [-0.39, 0.29) is 11.8 Å². The Kier molecular flexibility index (Phi) is 5.20. The summed E-state index contributed by atoms with van der Waals surface area (Å²) >= 11 is 0. The minimum atomic E-state index is -3.36. The Labute approximate surface area is 131 Å². The number of primary amides is 1. The molecular weight excluding hydrogens is 302 g/mol. The zero-order valence-corrected chi connectivity index (χ0v) is 13.8. The van der Waals surface area contributed by atoms with E-state index in [2.05, 4.69) is 4.90 Å². The van der Waals surface area contributed by atoms with Crippen molar-refractivity contribution in [3.63, 3.8) is 0 Å². The van der Waals surface area contributed by atoms with Crippen LogP contribution in [0.25, 0.3) is 0 Å². The Morgan fingerprint density at radius 2 is 1.82 bits per heavy atom. The lowest BCUT2D eigenvalue weighted by Gasteiger charge is -2.34. The molecule has 1 amide bonds. The first-order chi connectivity index (χ1) is 10.3. The van der Waals surface area contributed by atoms with E-state index in [1.165, 1.54) is 4.31 Å². The van der Waals surface area contributed by atoms with E-state index in [0.29, 0.717) is 11.1 Å². The van der Waals surface area contributed by atoms with Gasteiger partial charge in [0, 0.05) is 18.7 Å². The van der Waals surface area contributed by atoms with E-state index < -0.39 is 15.9 Å². The fourth-order valence-corrected chi connectivity index (χ4v) is 4.15. The molecule has 1 aromatic carbocycles. The van der Waals surface area contributed by atoms with Gasteiger partial charge in [-0.25, -0.2) is 12.7 Å². The van der Waals surface area contributed by atoms with E-state index >= 15 is 0 Å². The van der Waals surface area contributed by atoms with Crippen LogP contribution in [0.1, 0.15) is 28.8 Å². The highest BCUT2D eigenvalue weighted by molar-refractivity contribution is 7.88. The summed E-state index contributed by atoms with van der Waals surface area (Å²) in [6.45, 7) is 1.83. The minimum Gasteiger partial charge on any atom is -0.366 e. The van der Waals surface area contributed by atoms with Crippen LogP contribution in [0.3, 0.4) is 0 Å². The topological polar surface area (TPSA) is 83.7 Å². The molecule has 1 saturated heterocycles. The van der Waals surface area contributed by atoms with Gasteiger partial charge in [0.15, 0.2) is 0 Å². The quantitative estimate of drug-likeness (QED) is 0.861. The number of carbonyl (C=O) groups is 1. The van der Waals surface area contributed by atoms with Crippen molar-refractivity contribution in [2.45, 2.75) is 24.6 Å². The van der Waals surface area contributed by atoms with Crippen molar-refractivity contribution in [3.05, 3.63) is 35.4 Å². The molecule has 1 heterocycles. The molecule has 0 radical (unpaired) electrons. The van der Waals surface area contributed by atoms with Crippen LogP contribution in [0.2, 0.25) is 0 Å². The van der Waals surface area contributed by atoms with E-state index in [1.807, 2.05) is 7.05 Å². The Morgan fingerprint density at radius 1 is 1.27 bits per heavy atom. The predicted molar refractivity (Wildman–Crippen MR) is 85.9 cm³/mol. The number of benzene rings is 1. The third kappa shape index (κ3) is 4.06. The summed E-state index contributed by atoms with van der Waals surface area (Å²) in [4.78, 5) is 13.2. The molecule has 0 unspecified atom stereocenters. The molecule has 0 atom stereocenters. The second-order valence-corrected chi connectivity index (χ2v) is 7.90. The largest absolute Gasteiger partial charge is 0.366 e. The maximum Gasteiger partial charge on any atom is 0.248 e. The van der Waals surface area contributed by atoms with Crippen LogP contribution in [-0.2, 0) is 15.8 Å². The maximum absolute atomic E-state index is 12.5. The average molecular weight is 325 g/mol. The van der Waals surface area contributed by atoms with Gasteiger partial charge in [-0.15, -0.1) is 0 Å². The lowest BCUT2D eigenvalue weighted by Crippen LogP contribution is -2.44. The first-order valence-electron chi connectivity index (χ1n) is 7.32. The van der Waals surface area contributed by atoms with E-state index in [0.717, 1.165) is 25.9 Å². The Morgan fingerprint density at radius 3 is 2.32 bits per heavy atom. The molecule has 6 nitrogen and oxygen atoms in total. The molecule has 1 aliphatic rings. The summed E-state index contributed by atoms with van der Waals surface area (Å²) < 4.78 is 26.5. The number of likely N-dealkylation sites (tertiary alicyclic amines) is 1. The first kappa shape index (κ1) is 16.9. The zero-order valence-electron chi connectivity index (χ0n) is 13.0. The summed E-state index contributed by atoms with van der Waals surface area (Å²) in [5.74, 6) is -0.577. The van der Waals surface area contributed by atoms with Gasteiger partial charge in [0.1, 0.15) is 0 Å². The average Bonchev–Trinajstić information content (AvgIpc) is 2.47. The van der Waals surface area contributed by atoms with Crippen LogP contribution in [0.4, 0.5) is 0 Å².